The van der Waals surface area contributed by atoms with Gasteiger partial charge in [0.1, 0.15) is 0 Å². The molecule has 2 aromatic carbocycles. The zero-order valence-corrected chi connectivity index (χ0v) is 12.5. The molecule has 0 aromatic heterocycles. The van der Waals surface area contributed by atoms with Crippen LogP contribution >= 0.6 is 0 Å². The van der Waals surface area contributed by atoms with Gasteiger partial charge in [-0.3, -0.25) is 0 Å². The normalized spacial score (nSPS) is 13.4. The molecule has 4 nitrogen and oxygen atoms in total. The number of carbonyl (C=O) groups is 2. The molecule has 0 saturated heterocycles. The summed E-state index contributed by atoms with van der Waals surface area (Å²) in [4.78, 5) is 22.7. The average molecular weight is 298 g/mol. The first-order valence-electron chi connectivity index (χ1n) is 7.08. The highest BCUT2D eigenvalue weighted by molar-refractivity contribution is 5.90. The van der Waals surface area contributed by atoms with E-state index < -0.39 is 11.9 Å². The SMILES string of the molecule is CC(c1ccccc1C(=O)O)C(C)c1ccccc1C(=O)O. The molecule has 2 atom stereocenters. The molecular formula is C18H18O4. The second-order valence-corrected chi connectivity index (χ2v) is 5.36. The van der Waals surface area contributed by atoms with Gasteiger partial charge in [0, 0.05) is 0 Å². The lowest BCUT2D eigenvalue weighted by Gasteiger charge is -2.23. The number of aromatic carboxylic acids is 2. The molecule has 0 amide bonds. The van der Waals surface area contributed by atoms with Gasteiger partial charge in [-0.1, -0.05) is 50.2 Å². The third-order valence-corrected chi connectivity index (χ3v) is 4.11. The summed E-state index contributed by atoms with van der Waals surface area (Å²) in [6.45, 7) is 3.84. The smallest absolute Gasteiger partial charge is 0.335 e. The number of benzene rings is 2. The molecule has 0 heterocycles. The summed E-state index contributed by atoms with van der Waals surface area (Å²) >= 11 is 0. The molecule has 2 unspecified atom stereocenters. The Labute approximate surface area is 129 Å². The second kappa shape index (κ2) is 6.43. The van der Waals surface area contributed by atoms with E-state index in [9.17, 15) is 19.8 Å². The lowest BCUT2D eigenvalue weighted by Crippen LogP contribution is -2.13. The average Bonchev–Trinajstić information content (AvgIpc) is 2.53. The standard InChI is InChI=1S/C18H18O4/c1-11(13-7-3-5-9-15(13)17(19)20)12(2)14-8-4-6-10-16(14)18(21)22/h3-12H,1-2H3,(H,19,20)(H,21,22). The van der Waals surface area contributed by atoms with Gasteiger partial charge in [-0.15, -0.1) is 0 Å². The van der Waals surface area contributed by atoms with Crippen molar-refractivity contribution >= 4 is 11.9 Å². The minimum atomic E-state index is -0.971. The molecule has 4 heteroatoms. The van der Waals surface area contributed by atoms with E-state index >= 15 is 0 Å². The minimum Gasteiger partial charge on any atom is -0.478 e. The Bertz CT molecular complexity index is 644. The van der Waals surface area contributed by atoms with Gasteiger partial charge in [-0.05, 0) is 35.1 Å². The van der Waals surface area contributed by atoms with Gasteiger partial charge >= 0.3 is 11.9 Å². The van der Waals surface area contributed by atoms with Gasteiger partial charge in [0.25, 0.3) is 0 Å². The van der Waals surface area contributed by atoms with Crippen LogP contribution in [0, 0.1) is 0 Å². The van der Waals surface area contributed by atoms with Crippen LogP contribution in [0.1, 0.15) is 57.5 Å². The van der Waals surface area contributed by atoms with Crippen molar-refractivity contribution in [2.24, 2.45) is 0 Å². The number of carboxylic acids is 2. The summed E-state index contributed by atoms with van der Waals surface area (Å²) in [6.07, 6.45) is 0. The highest BCUT2D eigenvalue weighted by Gasteiger charge is 2.24. The number of carboxylic acid groups (broad SMARTS) is 2. The zero-order chi connectivity index (χ0) is 16.3. The molecule has 0 spiro atoms. The van der Waals surface area contributed by atoms with Gasteiger partial charge in [0.15, 0.2) is 0 Å². The second-order valence-electron chi connectivity index (χ2n) is 5.36. The van der Waals surface area contributed by atoms with Crippen LogP contribution in [0.3, 0.4) is 0 Å². The van der Waals surface area contributed by atoms with E-state index in [1.807, 2.05) is 13.8 Å². The fraction of sp³-hybridized carbons (Fsp3) is 0.222. The van der Waals surface area contributed by atoms with Gasteiger partial charge in [0.2, 0.25) is 0 Å². The molecule has 0 aliphatic carbocycles. The van der Waals surface area contributed by atoms with E-state index in [-0.39, 0.29) is 23.0 Å². The van der Waals surface area contributed by atoms with E-state index in [4.69, 9.17) is 0 Å². The molecule has 2 aromatic rings. The minimum absolute atomic E-state index is 0.118. The van der Waals surface area contributed by atoms with Crippen LogP contribution in [0.4, 0.5) is 0 Å². The molecule has 22 heavy (non-hydrogen) atoms. The largest absolute Gasteiger partial charge is 0.478 e. The monoisotopic (exact) mass is 298 g/mol. The van der Waals surface area contributed by atoms with Crippen molar-refractivity contribution in [3.05, 3.63) is 70.8 Å². The maximum atomic E-state index is 11.4. The molecule has 114 valence electrons. The Morgan fingerprint density at radius 3 is 1.36 bits per heavy atom. The highest BCUT2D eigenvalue weighted by atomic mass is 16.4. The van der Waals surface area contributed by atoms with Crippen molar-refractivity contribution in [1.29, 1.82) is 0 Å². The van der Waals surface area contributed by atoms with Crippen molar-refractivity contribution in [3.63, 3.8) is 0 Å². The number of hydrogen-bond donors (Lipinski definition) is 2. The van der Waals surface area contributed by atoms with Crippen molar-refractivity contribution in [2.45, 2.75) is 25.7 Å². The van der Waals surface area contributed by atoms with Crippen molar-refractivity contribution < 1.29 is 19.8 Å². The molecule has 0 aliphatic heterocycles. The first kappa shape index (κ1) is 15.8. The lowest BCUT2D eigenvalue weighted by atomic mass is 9.80. The van der Waals surface area contributed by atoms with E-state index in [0.29, 0.717) is 11.1 Å². The summed E-state index contributed by atoms with van der Waals surface area (Å²) in [5.41, 5.74) is 1.94. The predicted octanol–water partition coefficient (Wildman–Crippen LogP) is 3.99. The third-order valence-electron chi connectivity index (χ3n) is 4.11. The van der Waals surface area contributed by atoms with Crippen molar-refractivity contribution in [3.8, 4) is 0 Å². The quantitative estimate of drug-likeness (QED) is 0.875. The van der Waals surface area contributed by atoms with Crippen LogP contribution in [0.2, 0.25) is 0 Å². The summed E-state index contributed by atoms with van der Waals surface area (Å²) in [7, 11) is 0. The Balaban J connectivity index is 2.45. The first-order chi connectivity index (χ1) is 10.4. The predicted molar refractivity (Wildman–Crippen MR) is 83.6 cm³/mol. The molecule has 0 radical (unpaired) electrons. The Morgan fingerprint density at radius 2 is 1.05 bits per heavy atom. The Hall–Kier alpha value is -2.62. The van der Waals surface area contributed by atoms with Crippen LogP contribution in [-0.2, 0) is 0 Å². The Kier molecular flexibility index (Phi) is 4.61. The van der Waals surface area contributed by atoms with Crippen molar-refractivity contribution in [1.82, 2.24) is 0 Å². The fourth-order valence-electron chi connectivity index (χ4n) is 2.72. The van der Waals surface area contributed by atoms with Gasteiger partial charge < -0.3 is 10.2 Å². The van der Waals surface area contributed by atoms with Gasteiger partial charge in [-0.2, -0.15) is 0 Å². The maximum Gasteiger partial charge on any atom is 0.335 e. The third kappa shape index (κ3) is 3.01. The maximum absolute atomic E-state index is 11.4. The molecule has 0 aliphatic rings. The molecule has 0 bridgehead atoms. The van der Waals surface area contributed by atoms with E-state index in [0.717, 1.165) is 0 Å². The van der Waals surface area contributed by atoms with Crippen molar-refractivity contribution in [2.75, 3.05) is 0 Å². The van der Waals surface area contributed by atoms with E-state index in [2.05, 4.69) is 0 Å². The van der Waals surface area contributed by atoms with E-state index in [1.54, 1.807) is 48.5 Å². The molecule has 2 rings (SSSR count). The van der Waals surface area contributed by atoms with Crippen LogP contribution in [-0.4, -0.2) is 22.2 Å². The molecule has 0 fully saturated rings. The topological polar surface area (TPSA) is 74.6 Å². The molecule has 0 saturated carbocycles. The van der Waals surface area contributed by atoms with Crippen LogP contribution < -0.4 is 0 Å². The van der Waals surface area contributed by atoms with Crippen LogP contribution in [0.15, 0.2) is 48.5 Å². The summed E-state index contributed by atoms with van der Waals surface area (Å²) in [5, 5.41) is 18.6. The zero-order valence-electron chi connectivity index (χ0n) is 12.5. The van der Waals surface area contributed by atoms with Gasteiger partial charge in [-0.25, -0.2) is 9.59 Å². The van der Waals surface area contributed by atoms with E-state index in [1.165, 1.54) is 0 Å². The summed E-state index contributed by atoms with van der Waals surface area (Å²) in [6, 6.07) is 13.7. The molecule has 2 N–H and O–H groups in total. The fourth-order valence-corrected chi connectivity index (χ4v) is 2.72. The lowest BCUT2D eigenvalue weighted by molar-refractivity contribution is 0.0683. The summed E-state index contributed by atoms with van der Waals surface area (Å²) < 4.78 is 0. The first-order valence-corrected chi connectivity index (χ1v) is 7.08. The van der Waals surface area contributed by atoms with Gasteiger partial charge in [0.05, 0.1) is 11.1 Å². The molecular weight excluding hydrogens is 280 g/mol. The number of hydrogen-bond acceptors (Lipinski definition) is 2. The van der Waals surface area contributed by atoms with Crippen LogP contribution in [0.5, 0.6) is 0 Å². The van der Waals surface area contributed by atoms with Crippen LogP contribution in [0.25, 0.3) is 0 Å². The Morgan fingerprint density at radius 1 is 0.727 bits per heavy atom. The highest BCUT2D eigenvalue weighted by Crippen LogP contribution is 2.35. The number of rotatable bonds is 5. The summed E-state index contributed by atoms with van der Waals surface area (Å²) in [5.74, 6) is -2.18.